The number of nitrogens with one attached hydrogen (secondary N) is 1. The fourth-order valence-corrected chi connectivity index (χ4v) is 4.01. The Kier molecular flexibility index (Phi) is 6.63. The van der Waals surface area contributed by atoms with Gasteiger partial charge in [-0.15, -0.1) is 0 Å². The number of carbonyl (C=O) groups is 1. The van der Waals surface area contributed by atoms with Gasteiger partial charge in [0.1, 0.15) is 0 Å². The topological polar surface area (TPSA) is 61.5 Å². The number of methoxy groups -OCH3 is 1. The second-order valence-electron chi connectivity index (χ2n) is 7.24. The summed E-state index contributed by atoms with van der Waals surface area (Å²) in [5, 5.41) is 0. The van der Waals surface area contributed by atoms with Gasteiger partial charge in [0.05, 0.1) is 18.5 Å². The molecular formula is C21H30N4O2. The van der Waals surface area contributed by atoms with Gasteiger partial charge in [0, 0.05) is 57.2 Å². The molecule has 0 spiro atoms. The molecule has 1 saturated heterocycles. The molecule has 0 saturated carbocycles. The third-order valence-electron chi connectivity index (χ3n) is 5.49. The number of rotatable bonds is 8. The van der Waals surface area contributed by atoms with Gasteiger partial charge in [0.15, 0.2) is 0 Å². The zero-order valence-electron chi connectivity index (χ0n) is 16.4. The van der Waals surface area contributed by atoms with E-state index in [1.165, 1.54) is 0 Å². The van der Waals surface area contributed by atoms with Gasteiger partial charge in [0.25, 0.3) is 0 Å². The molecule has 2 aromatic rings. The number of benzene rings is 1. The predicted molar refractivity (Wildman–Crippen MR) is 107 cm³/mol. The summed E-state index contributed by atoms with van der Waals surface area (Å²) in [5.74, 6) is 0.157. The molecule has 6 heteroatoms. The minimum absolute atomic E-state index is 0.157. The summed E-state index contributed by atoms with van der Waals surface area (Å²) in [6, 6.07) is 10.0. The van der Waals surface area contributed by atoms with E-state index in [1.807, 2.05) is 48.4 Å². The highest BCUT2D eigenvalue weighted by molar-refractivity contribution is 5.94. The highest BCUT2D eigenvalue weighted by Crippen LogP contribution is 2.34. The van der Waals surface area contributed by atoms with Crippen molar-refractivity contribution in [2.75, 3.05) is 38.3 Å². The van der Waals surface area contributed by atoms with Gasteiger partial charge >= 0.3 is 0 Å². The molecule has 1 aliphatic rings. The molecule has 1 aliphatic heterocycles. The summed E-state index contributed by atoms with van der Waals surface area (Å²) in [6.07, 6.45) is 6.88. The molecular weight excluding hydrogens is 340 g/mol. The molecule has 2 heterocycles. The first-order chi connectivity index (χ1) is 13.2. The van der Waals surface area contributed by atoms with Crippen LogP contribution in [0.3, 0.4) is 0 Å². The number of aromatic nitrogens is 2. The number of nitrogens with zero attached hydrogens (tertiary/aromatic N) is 3. The number of amides is 1. The van der Waals surface area contributed by atoms with Crippen LogP contribution < -0.4 is 4.90 Å². The summed E-state index contributed by atoms with van der Waals surface area (Å²) in [6.45, 7) is 5.40. The number of carbonyl (C=O) groups excluding carboxylic acids is 1. The van der Waals surface area contributed by atoms with Crippen molar-refractivity contribution in [1.29, 1.82) is 0 Å². The predicted octanol–water partition coefficient (Wildman–Crippen LogP) is 2.88. The van der Waals surface area contributed by atoms with Crippen molar-refractivity contribution in [2.45, 2.75) is 38.1 Å². The molecule has 146 valence electrons. The summed E-state index contributed by atoms with van der Waals surface area (Å²) >= 11 is 0. The first-order valence-corrected chi connectivity index (χ1v) is 9.75. The molecule has 0 unspecified atom stereocenters. The van der Waals surface area contributed by atoms with Crippen LogP contribution in [0.4, 0.5) is 5.69 Å². The van der Waals surface area contributed by atoms with E-state index in [2.05, 4.69) is 14.9 Å². The van der Waals surface area contributed by atoms with Crippen LogP contribution in [-0.2, 0) is 16.0 Å². The normalized spacial score (nSPS) is 17.0. The number of likely N-dealkylation sites (tertiary alicyclic amines) is 1. The van der Waals surface area contributed by atoms with Gasteiger partial charge in [-0.25, -0.2) is 4.98 Å². The molecule has 0 atom stereocenters. The Balaban J connectivity index is 1.74. The summed E-state index contributed by atoms with van der Waals surface area (Å²) < 4.78 is 5.61. The number of H-pyrrole nitrogens is 1. The second kappa shape index (κ2) is 9.15. The Labute approximate surface area is 161 Å². The van der Waals surface area contributed by atoms with Crippen LogP contribution in [-0.4, -0.2) is 59.7 Å². The van der Waals surface area contributed by atoms with Crippen molar-refractivity contribution in [3.05, 3.63) is 48.5 Å². The summed E-state index contributed by atoms with van der Waals surface area (Å²) in [4.78, 5) is 24.6. The zero-order valence-corrected chi connectivity index (χ0v) is 16.4. The molecule has 0 bridgehead atoms. The van der Waals surface area contributed by atoms with Crippen molar-refractivity contribution < 1.29 is 9.53 Å². The maximum absolute atomic E-state index is 12.9. The minimum atomic E-state index is -0.284. The summed E-state index contributed by atoms with van der Waals surface area (Å²) in [7, 11) is 1.73. The average Bonchev–Trinajstić information content (AvgIpc) is 3.22. The Morgan fingerprint density at radius 3 is 2.63 bits per heavy atom. The smallest absolute Gasteiger partial charge is 0.227 e. The molecule has 1 fully saturated rings. The van der Waals surface area contributed by atoms with E-state index in [9.17, 15) is 4.79 Å². The van der Waals surface area contributed by atoms with Crippen molar-refractivity contribution >= 4 is 11.6 Å². The van der Waals surface area contributed by atoms with E-state index >= 15 is 0 Å². The van der Waals surface area contributed by atoms with Crippen LogP contribution in [0.2, 0.25) is 0 Å². The van der Waals surface area contributed by atoms with Crippen LogP contribution >= 0.6 is 0 Å². The molecule has 0 radical (unpaired) electrons. The molecule has 3 rings (SSSR count). The van der Waals surface area contributed by atoms with Gasteiger partial charge in [-0.3, -0.25) is 4.79 Å². The van der Waals surface area contributed by atoms with Crippen molar-refractivity contribution in [3.63, 3.8) is 0 Å². The highest BCUT2D eigenvalue weighted by Gasteiger charge is 2.42. The maximum atomic E-state index is 12.9. The minimum Gasteiger partial charge on any atom is -0.382 e. The van der Waals surface area contributed by atoms with Crippen LogP contribution in [0.1, 0.15) is 31.9 Å². The quantitative estimate of drug-likeness (QED) is 0.776. The maximum Gasteiger partial charge on any atom is 0.227 e. The number of piperidine rings is 1. The molecule has 1 amide bonds. The molecule has 27 heavy (non-hydrogen) atoms. The van der Waals surface area contributed by atoms with Crippen molar-refractivity contribution in [3.8, 4) is 0 Å². The lowest BCUT2D eigenvalue weighted by Gasteiger charge is -2.48. The highest BCUT2D eigenvalue weighted by atomic mass is 16.5. The van der Waals surface area contributed by atoms with E-state index in [4.69, 9.17) is 4.74 Å². The Morgan fingerprint density at radius 1 is 1.30 bits per heavy atom. The first-order valence-electron chi connectivity index (χ1n) is 9.75. The number of aromatic amines is 1. The van der Waals surface area contributed by atoms with Gasteiger partial charge in [-0.2, -0.15) is 0 Å². The SMILES string of the molecule is CCC(=O)N(c1ccccc1)C1(COC)CCN(CCc2cnc[nH]2)CC1. The number of hydrogen-bond acceptors (Lipinski definition) is 4. The lowest BCUT2D eigenvalue weighted by molar-refractivity contribution is -0.120. The Bertz CT molecular complexity index is 694. The van der Waals surface area contributed by atoms with E-state index in [0.717, 1.165) is 50.3 Å². The lowest BCUT2D eigenvalue weighted by atomic mass is 9.85. The van der Waals surface area contributed by atoms with Gasteiger partial charge in [-0.1, -0.05) is 25.1 Å². The molecule has 6 nitrogen and oxygen atoms in total. The fourth-order valence-electron chi connectivity index (χ4n) is 4.01. The number of ether oxygens (including phenoxy) is 1. The Morgan fingerprint density at radius 2 is 2.04 bits per heavy atom. The largest absolute Gasteiger partial charge is 0.382 e. The average molecular weight is 370 g/mol. The summed E-state index contributed by atoms with van der Waals surface area (Å²) in [5.41, 5.74) is 1.84. The molecule has 1 aromatic heterocycles. The lowest BCUT2D eigenvalue weighted by Crippen LogP contribution is -2.60. The van der Waals surface area contributed by atoms with Gasteiger partial charge in [0.2, 0.25) is 5.91 Å². The van der Waals surface area contributed by atoms with Crippen LogP contribution in [0.15, 0.2) is 42.9 Å². The molecule has 0 aliphatic carbocycles. The number of para-hydroxylation sites is 1. The van der Waals surface area contributed by atoms with E-state index < -0.39 is 0 Å². The van der Waals surface area contributed by atoms with E-state index in [1.54, 1.807) is 13.4 Å². The van der Waals surface area contributed by atoms with Crippen molar-refractivity contribution in [1.82, 2.24) is 14.9 Å². The van der Waals surface area contributed by atoms with Crippen LogP contribution in [0.25, 0.3) is 0 Å². The third kappa shape index (κ3) is 4.57. The number of imidazole rings is 1. The number of anilines is 1. The van der Waals surface area contributed by atoms with E-state index in [-0.39, 0.29) is 11.4 Å². The standard InChI is InChI=1S/C21H30N4O2/c1-3-20(26)25(19-7-5-4-6-8-19)21(16-27-2)10-13-24(14-11-21)12-9-18-15-22-17-23-18/h4-8,15,17H,3,9-14,16H2,1-2H3,(H,22,23). The van der Waals surface area contributed by atoms with Crippen LogP contribution in [0.5, 0.6) is 0 Å². The zero-order chi connectivity index (χ0) is 19.1. The second-order valence-corrected chi connectivity index (χ2v) is 7.24. The molecule has 1 N–H and O–H groups in total. The van der Waals surface area contributed by atoms with Gasteiger partial charge in [-0.05, 0) is 25.0 Å². The van der Waals surface area contributed by atoms with E-state index in [0.29, 0.717) is 13.0 Å². The molecule has 1 aromatic carbocycles. The van der Waals surface area contributed by atoms with Crippen LogP contribution in [0, 0.1) is 0 Å². The monoisotopic (exact) mass is 370 g/mol. The van der Waals surface area contributed by atoms with Crippen molar-refractivity contribution in [2.24, 2.45) is 0 Å². The van der Waals surface area contributed by atoms with Gasteiger partial charge < -0.3 is 19.5 Å². The third-order valence-corrected chi connectivity index (χ3v) is 5.49. The Hall–Kier alpha value is -2.18. The fraction of sp³-hybridized carbons (Fsp3) is 0.524. The number of hydrogen-bond donors (Lipinski definition) is 1. The first kappa shape index (κ1) is 19.6.